The number of hydrogen-bond acceptors (Lipinski definition) is 3. The number of aromatic nitrogens is 2. The van der Waals surface area contributed by atoms with Gasteiger partial charge >= 0.3 is 0 Å². The predicted octanol–water partition coefficient (Wildman–Crippen LogP) is 1.80. The van der Waals surface area contributed by atoms with Gasteiger partial charge in [-0.25, -0.2) is 0 Å². The lowest BCUT2D eigenvalue weighted by Crippen LogP contribution is -2.34. The number of amides is 1. The summed E-state index contributed by atoms with van der Waals surface area (Å²) in [5.74, 6) is -0.215. The van der Waals surface area contributed by atoms with E-state index in [1.807, 2.05) is 44.2 Å². The molecule has 1 aromatic heterocycles. The molecule has 1 aromatic carbocycles. The lowest BCUT2D eigenvalue weighted by Gasteiger charge is -2.14. The number of carbonyl (C=O) groups excluding carboxylic acids is 1. The first-order valence-corrected chi connectivity index (χ1v) is 7.11. The van der Waals surface area contributed by atoms with Gasteiger partial charge in [0.05, 0.1) is 6.10 Å². The van der Waals surface area contributed by atoms with Gasteiger partial charge in [0.1, 0.15) is 5.69 Å². The molecule has 5 heteroatoms. The molecule has 21 heavy (non-hydrogen) atoms. The summed E-state index contributed by atoms with van der Waals surface area (Å²) in [6, 6.07) is 11.5. The highest BCUT2D eigenvalue weighted by Gasteiger charge is 2.15. The minimum absolute atomic E-state index is 0.120. The Kier molecular flexibility index (Phi) is 5.11. The summed E-state index contributed by atoms with van der Waals surface area (Å²) < 4.78 is 1.67. The minimum Gasteiger partial charge on any atom is -0.391 e. The number of aliphatic hydroxyl groups is 1. The summed E-state index contributed by atoms with van der Waals surface area (Å²) in [4.78, 5) is 12.1. The Labute approximate surface area is 124 Å². The Hall–Kier alpha value is -2.14. The zero-order valence-electron chi connectivity index (χ0n) is 12.4. The molecule has 0 spiro atoms. The fraction of sp³-hybridized carbons (Fsp3) is 0.375. The summed E-state index contributed by atoms with van der Waals surface area (Å²) in [5.41, 5.74) is 1.56. The van der Waals surface area contributed by atoms with E-state index in [1.165, 1.54) is 0 Å². The second-order valence-electron chi connectivity index (χ2n) is 5.31. The van der Waals surface area contributed by atoms with Crippen LogP contribution in [0.4, 0.5) is 0 Å². The molecule has 0 saturated heterocycles. The van der Waals surface area contributed by atoms with E-state index in [2.05, 4.69) is 10.4 Å². The van der Waals surface area contributed by atoms with Crippen LogP contribution in [0.25, 0.3) is 0 Å². The number of carbonyl (C=O) groups is 1. The van der Waals surface area contributed by atoms with Gasteiger partial charge < -0.3 is 10.4 Å². The molecule has 1 amide bonds. The minimum atomic E-state index is -0.605. The van der Waals surface area contributed by atoms with Crippen LogP contribution in [0.15, 0.2) is 42.6 Å². The molecule has 2 rings (SSSR count). The molecular formula is C16H21N3O2. The van der Waals surface area contributed by atoms with Gasteiger partial charge in [0.25, 0.3) is 5.91 Å². The number of nitrogens with one attached hydrogen (secondary N) is 1. The molecule has 2 aromatic rings. The van der Waals surface area contributed by atoms with Crippen molar-refractivity contribution in [3.63, 3.8) is 0 Å². The Bertz CT molecular complexity index is 578. The fourth-order valence-corrected chi connectivity index (χ4v) is 2.16. The van der Waals surface area contributed by atoms with Crippen molar-refractivity contribution >= 4 is 5.91 Å². The van der Waals surface area contributed by atoms with Crippen LogP contribution in [0.2, 0.25) is 0 Å². The number of hydrogen-bond donors (Lipinski definition) is 2. The van der Waals surface area contributed by atoms with Crippen LogP contribution in [-0.4, -0.2) is 33.4 Å². The van der Waals surface area contributed by atoms with Crippen molar-refractivity contribution in [3.8, 4) is 0 Å². The van der Waals surface area contributed by atoms with Crippen LogP contribution < -0.4 is 5.32 Å². The highest BCUT2D eigenvalue weighted by Crippen LogP contribution is 2.08. The average molecular weight is 287 g/mol. The molecule has 1 unspecified atom stereocenters. The van der Waals surface area contributed by atoms with Crippen molar-refractivity contribution in [3.05, 3.63) is 53.9 Å². The van der Waals surface area contributed by atoms with Gasteiger partial charge in [-0.15, -0.1) is 0 Å². The van der Waals surface area contributed by atoms with Gasteiger partial charge in [-0.3, -0.25) is 9.48 Å². The molecule has 1 heterocycles. The highest BCUT2D eigenvalue weighted by molar-refractivity contribution is 5.92. The largest absolute Gasteiger partial charge is 0.391 e. The second-order valence-corrected chi connectivity index (χ2v) is 5.31. The SMILES string of the molecule is CC(C)n1nccc1C(=O)NCC(O)Cc1ccccc1. The lowest BCUT2D eigenvalue weighted by atomic mass is 10.1. The first-order chi connectivity index (χ1) is 10.1. The summed E-state index contributed by atoms with van der Waals surface area (Å²) in [6.07, 6.45) is 1.52. The first-order valence-electron chi connectivity index (χ1n) is 7.11. The van der Waals surface area contributed by atoms with E-state index in [1.54, 1.807) is 16.9 Å². The number of aliphatic hydroxyl groups excluding tert-OH is 1. The van der Waals surface area contributed by atoms with Gasteiger partial charge in [0.15, 0.2) is 0 Å². The number of rotatable bonds is 6. The van der Waals surface area contributed by atoms with Crippen molar-refractivity contribution in [1.29, 1.82) is 0 Å². The molecule has 1 atom stereocenters. The van der Waals surface area contributed by atoms with Crippen LogP contribution in [0.3, 0.4) is 0 Å². The Balaban J connectivity index is 1.87. The van der Waals surface area contributed by atoms with E-state index in [0.29, 0.717) is 12.1 Å². The van der Waals surface area contributed by atoms with Gasteiger partial charge in [-0.1, -0.05) is 30.3 Å². The quantitative estimate of drug-likeness (QED) is 0.851. The van der Waals surface area contributed by atoms with E-state index < -0.39 is 6.10 Å². The topological polar surface area (TPSA) is 67.2 Å². The molecule has 0 fully saturated rings. The molecule has 0 radical (unpaired) electrons. The predicted molar refractivity (Wildman–Crippen MR) is 81.1 cm³/mol. The molecular weight excluding hydrogens is 266 g/mol. The van der Waals surface area contributed by atoms with E-state index in [-0.39, 0.29) is 18.5 Å². The first kappa shape index (κ1) is 15.3. The standard InChI is InChI=1S/C16H21N3O2/c1-12(2)19-15(8-9-18-19)16(21)17-11-14(20)10-13-6-4-3-5-7-13/h3-9,12,14,20H,10-11H2,1-2H3,(H,17,21). The third kappa shape index (κ3) is 4.16. The highest BCUT2D eigenvalue weighted by atomic mass is 16.3. The molecule has 2 N–H and O–H groups in total. The Morgan fingerprint density at radius 1 is 1.29 bits per heavy atom. The van der Waals surface area contributed by atoms with Gasteiger partial charge in [-0.2, -0.15) is 5.10 Å². The molecule has 0 aliphatic heterocycles. The lowest BCUT2D eigenvalue weighted by molar-refractivity contribution is 0.0903. The van der Waals surface area contributed by atoms with Crippen molar-refractivity contribution < 1.29 is 9.90 Å². The smallest absolute Gasteiger partial charge is 0.269 e. The van der Waals surface area contributed by atoms with Gasteiger partial charge in [-0.05, 0) is 25.5 Å². The maximum atomic E-state index is 12.1. The number of benzene rings is 1. The molecule has 0 saturated carbocycles. The molecule has 0 aliphatic rings. The third-order valence-corrected chi connectivity index (χ3v) is 3.20. The summed E-state index contributed by atoms with van der Waals surface area (Å²) >= 11 is 0. The van der Waals surface area contributed by atoms with Crippen LogP contribution >= 0.6 is 0 Å². The van der Waals surface area contributed by atoms with Crippen LogP contribution in [0.1, 0.15) is 35.9 Å². The Morgan fingerprint density at radius 2 is 2.00 bits per heavy atom. The fourth-order valence-electron chi connectivity index (χ4n) is 2.16. The van der Waals surface area contributed by atoms with Gasteiger partial charge in [0, 0.05) is 25.2 Å². The molecule has 5 nitrogen and oxygen atoms in total. The third-order valence-electron chi connectivity index (χ3n) is 3.20. The van der Waals surface area contributed by atoms with Crippen LogP contribution in [0.5, 0.6) is 0 Å². The van der Waals surface area contributed by atoms with E-state index in [9.17, 15) is 9.90 Å². The van der Waals surface area contributed by atoms with Crippen LogP contribution in [-0.2, 0) is 6.42 Å². The van der Waals surface area contributed by atoms with E-state index in [4.69, 9.17) is 0 Å². The zero-order chi connectivity index (χ0) is 15.2. The van der Waals surface area contributed by atoms with E-state index >= 15 is 0 Å². The van der Waals surface area contributed by atoms with E-state index in [0.717, 1.165) is 5.56 Å². The van der Waals surface area contributed by atoms with Gasteiger partial charge in [0.2, 0.25) is 0 Å². The van der Waals surface area contributed by atoms with Crippen molar-refractivity contribution in [2.45, 2.75) is 32.4 Å². The number of nitrogens with zero attached hydrogens (tertiary/aromatic N) is 2. The summed E-state index contributed by atoms with van der Waals surface area (Å²) in [6.45, 7) is 4.15. The maximum absolute atomic E-state index is 12.1. The molecule has 112 valence electrons. The normalized spacial score (nSPS) is 12.4. The summed E-state index contributed by atoms with van der Waals surface area (Å²) in [5, 5.41) is 16.9. The zero-order valence-corrected chi connectivity index (χ0v) is 12.4. The van der Waals surface area contributed by atoms with Crippen LogP contribution in [0, 0.1) is 0 Å². The second kappa shape index (κ2) is 7.04. The average Bonchev–Trinajstić information content (AvgIpc) is 2.95. The van der Waals surface area contributed by atoms with Crippen molar-refractivity contribution in [1.82, 2.24) is 15.1 Å². The summed E-state index contributed by atoms with van der Waals surface area (Å²) in [7, 11) is 0. The monoisotopic (exact) mass is 287 g/mol. The molecule has 0 bridgehead atoms. The maximum Gasteiger partial charge on any atom is 0.269 e. The Morgan fingerprint density at radius 3 is 2.67 bits per heavy atom. The molecule has 0 aliphatic carbocycles. The van der Waals surface area contributed by atoms with Crippen molar-refractivity contribution in [2.75, 3.05) is 6.54 Å². The van der Waals surface area contributed by atoms with Crippen molar-refractivity contribution in [2.24, 2.45) is 0 Å².